The Hall–Kier alpha value is -11.5. The van der Waals surface area contributed by atoms with Gasteiger partial charge in [-0.3, -0.25) is 0 Å². The molecule has 0 unspecified atom stereocenters. The lowest BCUT2D eigenvalue weighted by atomic mass is 9.64. The fourth-order valence-corrected chi connectivity index (χ4v) is 25.8. The van der Waals surface area contributed by atoms with E-state index >= 15 is 0 Å². The average molecular weight is 1650 g/mol. The third kappa shape index (κ3) is 10.3. The Bertz CT molecular complexity index is 6810. The van der Waals surface area contributed by atoms with Crippen LogP contribution >= 0.6 is 0 Å². The fraction of sp³-hybridized carbons (Fsp3) is 0.317. The van der Waals surface area contributed by atoms with Gasteiger partial charge < -0.3 is 13.3 Å². The normalized spacial score (nSPS) is 14.3. The van der Waals surface area contributed by atoms with Crippen molar-refractivity contribution in [1.29, 1.82) is 0 Å². The first-order chi connectivity index (χ1) is 59.6. The summed E-state index contributed by atoms with van der Waals surface area (Å²) in [6.45, 7) is 84.4. The standard InChI is InChI=1S/3C41H42O/c1-19-20(2)26(8)36-35(25(19)7)37-27(9)21(3)23(5)29(11)39(37)41(40-30(12)24(6)22(4)28(10)38(36)40)15-13-31-18-34-32(14-16-42-34)17-33(31)41;1-19-20(2)26(8)36-35(25(19)7)37-27(9)21(3)23(5)29(11)39(37)41(40-30(12)24(6)22(4)28(10)38(36)40)17-15-31-32-16-18-42-34(32)14-13-33(31)41;1-19-20(2)26(8)35-34(25(19)7)36-27(9)21(3)23(5)29(11)38(36)41(39-30(12)24(6)22(4)28(10)37(35)39)17-15-32-33(41)14-13-31-16-18-42-40(31)32/h3*13-18H,1-12H3. The van der Waals surface area contributed by atoms with Crippen LogP contribution in [0.25, 0.3) is 118 Å². The summed E-state index contributed by atoms with van der Waals surface area (Å²) in [4.78, 5) is 0. The number of allylic oxidation sites excluding steroid dienone is 3. The van der Waals surface area contributed by atoms with Crippen LogP contribution in [-0.2, 0) is 16.2 Å². The van der Waals surface area contributed by atoms with E-state index < -0.39 is 16.2 Å². The van der Waals surface area contributed by atoms with Crippen molar-refractivity contribution in [2.45, 2.75) is 265 Å². The zero-order valence-corrected chi connectivity index (χ0v) is 82.1. The number of hydrogen-bond donors (Lipinski definition) is 0. The molecule has 3 heterocycles. The topological polar surface area (TPSA) is 39.4 Å². The molecule has 0 saturated carbocycles. The van der Waals surface area contributed by atoms with E-state index in [4.69, 9.17) is 13.3 Å². The lowest BCUT2D eigenvalue weighted by molar-refractivity contribution is 0.614. The molecule has 6 aliphatic carbocycles. The van der Waals surface area contributed by atoms with Crippen molar-refractivity contribution in [2.24, 2.45) is 0 Å². The molecule has 0 radical (unpaired) electrons. The molecule has 0 aliphatic heterocycles. The molecule has 0 atom stereocenters. The van der Waals surface area contributed by atoms with Gasteiger partial charge in [-0.2, -0.15) is 0 Å². The van der Waals surface area contributed by atoms with Gasteiger partial charge in [0.05, 0.1) is 35.0 Å². The van der Waals surface area contributed by atoms with Crippen LogP contribution in [0, 0.1) is 249 Å². The van der Waals surface area contributed by atoms with E-state index in [1.807, 2.05) is 18.8 Å². The Labute approximate surface area is 750 Å². The number of furan rings is 3. The maximum atomic E-state index is 6.18. The van der Waals surface area contributed by atoms with E-state index in [0.29, 0.717) is 0 Å². The van der Waals surface area contributed by atoms with Gasteiger partial charge in [-0.05, 0) is 614 Å². The van der Waals surface area contributed by atoms with E-state index in [1.54, 1.807) is 0 Å². The van der Waals surface area contributed by atoms with E-state index in [-0.39, 0.29) is 0 Å². The smallest absolute Gasteiger partial charge is 0.141 e. The second-order valence-corrected chi connectivity index (χ2v) is 39.8. The SMILES string of the molecule is Cc1c(C)c(C)c2c(c1C)-c1c(C)c(C)c(C)c(C)c1C1(C=Cc3c1ccc1ccoc31)c1c(C)c(C)c(C)c(C)c1-2.Cc1c(C)c(C)c2c(c1C)-c1c(C)c(C)c(C)c(C)c1C1(C=Cc3c1ccc1occc31)c1c(C)c(C)c(C)c(C)c1-2.Cc1c(C)c(C)c2c(c1C)-c1c(C)c(C)c(C)c(C)c1C1(C=Cc3cc4occc4cc31)c1c(C)c(C)c(C)c(C)c1-2. The fourth-order valence-electron chi connectivity index (χ4n) is 25.8. The third-order valence-corrected chi connectivity index (χ3v) is 35.8. The quantitative estimate of drug-likeness (QED) is 0.152. The van der Waals surface area contributed by atoms with Crippen LogP contribution in [0.15, 0.2) is 105 Å². The Balaban J connectivity index is 0.000000123. The summed E-state index contributed by atoms with van der Waals surface area (Å²) >= 11 is 0. The molecule has 6 aliphatic rings. The maximum Gasteiger partial charge on any atom is 0.141 e. The summed E-state index contributed by atoms with van der Waals surface area (Å²) in [5.74, 6) is 0. The van der Waals surface area contributed by atoms with Gasteiger partial charge in [-0.1, -0.05) is 54.7 Å². The molecule has 636 valence electrons. The Morgan fingerprint density at radius 3 is 0.762 bits per heavy atom. The first-order valence-electron chi connectivity index (χ1n) is 46.1. The van der Waals surface area contributed by atoms with Crippen LogP contribution < -0.4 is 0 Å². The van der Waals surface area contributed by atoms with Gasteiger partial charge in [0.25, 0.3) is 0 Å². The monoisotopic (exact) mass is 1650 g/mol. The summed E-state index contributed by atoms with van der Waals surface area (Å²) in [5.41, 5.74) is 85.9. The van der Waals surface area contributed by atoms with Crippen LogP contribution in [0.5, 0.6) is 0 Å². The molecular weight excluding hydrogens is 1530 g/mol. The zero-order valence-electron chi connectivity index (χ0n) is 82.1. The largest absolute Gasteiger partial charge is 0.464 e. The van der Waals surface area contributed by atoms with Crippen LogP contribution in [0.1, 0.15) is 267 Å². The summed E-state index contributed by atoms with van der Waals surface area (Å²) in [6.07, 6.45) is 20.2. The highest BCUT2D eigenvalue weighted by Crippen LogP contribution is 2.67. The summed E-state index contributed by atoms with van der Waals surface area (Å²) < 4.78 is 18.0. The van der Waals surface area contributed by atoms with E-state index in [0.717, 1.165) is 27.5 Å². The van der Waals surface area contributed by atoms with Gasteiger partial charge in [-0.25, -0.2) is 0 Å². The molecule has 3 heteroatoms. The molecular formula is C123H126O3. The molecule has 15 aromatic rings. The van der Waals surface area contributed by atoms with Crippen molar-refractivity contribution in [3.8, 4) is 66.8 Å². The van der Waals surface area contributed by atoms with E-state index in [9.17, 15) is 0 Å². The zero-order chi connectivity index (χ0) is 90.5. The molecule has 0 N–H and O–H groups in total. The van der Waals surface area contributed by atoms with Crippen LogP contribution in [-0.4, -0.2) is 0 Å². The van der Waals surface area contributed by atoms with Gasteiger partial charge in [0.2, 0.25) is 0 Å². The van der Waals surface area contributed by atoms with Crippen molar-refractivity contribution in [2.75, 3.05) is 0 Å². The lowest BCUT2D eigenvalue weighted by Gasteiger charge is -2.38. The first kappa shape index (κ1) is 84.0. The minimum atomic E-state index is -0.443. The second kappa shape index (κ2) is 28.2. The summed E-state index contributed by atoms with van der Waals surface area (Å²) in [6, 6.07) is 20.2. The molecule has 3 spiro atoms. The minimum absolute atomic E-state index is 0.425. The van der Waals surface area contributed by atoms with Gasteiger partial charge in [0.15, 0.2) is 0 Å². The maximum absolute atomic E-state index is 6.18. The number of rotatable bonds is 0. The third-order valence-electron chi connectivity index (χ3n) is 35.8. The molecule has 0 bridgehead atoms. The summed E-state index contributed by atoms with van der Waals surface area (Å²) in [7, 11) is 0. The lowest BCUT2D eigenvalue weighted by Crippen LogP contribution is -2.30. The average Bonchev–Trinajstić information content (AvgIpc) is 1.52. The minimum Gasteiger partial charge on any atom is -0.464 e. The Morgan fingerprint density at radius 1 is 0.183 bits per heavy atom. The number of fused-ring (bicyclic) bond motifs is 32. The van der Waals surface area contributed by atoms with Crippen LogP contribution in [0.4, 0.5) is 0 Å². The molecule has 0 amide bonds. The summed E-state index contributed by atoms with van der Waals surface area (Å²) in [5, 5.41) is 3.52. The second-order valence-electron chi connectivity index (χ2n) is 39.8. The van der Waals surface area contributed by atoms with Crippen molar-refractivity contribution >= 4 is 51.1 Å². The van der Waals surface area contributed by atoms with Gasteiger partial charge in [0, 0.05) is 21.7 Å². The van der Waals surface area contributed by atoms with Gasteiger partial charge >= 0.3 is 0 Å². The first-order valence-corrected chi connectivity index (χ1v) is 46.1. The highest BCUT2D eigenvalue weighted by atomic mass is 16.3. The molecule has 0 saturated heterocycles. The highest BCUT2D eigenvalue weighted by Gasteiger charge is 2.53. The highest BCUT2D eigenvalue weighted by molar-refractivity contribution is 6.08. The Kier molecular flexibility index (Phi) is 18.8. The van der Waals surface area contributed by atoms with Crippen molar-refractivity contribution in [1.82, 2.24) is 0 Å². The predicted octanol–water partition coefficient (Wildman–Crippen LogP) is 33.4. The molecule has 126 heavy (non-hydrogen) atoms. The van der Waals surface area contributed by atoms with Crippen LogP contribution in [0.2, 0.25) is 0 Å². The molecule has 3 aromatic heterocycles. The van der Waals surface area contributed by atoms with Gasteiger partial charge in [0.1, 0.15) is 16.7 Å². The molecule has 21 rings (SSSR count). The van der Waals surface area contributed by atoms with Crippen LogP contribution in [0.3, 0.4) is 0 Å². The van der Waals surface area contributed by atoms with Crippen molar-refractivity contribution in [3.05, 3.63) is 359 Å². The molecule has 12 aromatic carbocycles. The van der Waals surface area contributed by atoms with E-state index in [2.05, 4.69) is 340 Å². The van der Waals surface area contributed by atoms with Crippen molar-refractivity contribution in [3.63, 3.8) is 0 Å². The molecule has 0 fully saturated rings. The molecule has 3 nitrogen and oxygen atoms in total. The van der Waals surface area contributed by atoms with E-state index in [1.165, 1.54) is 339 Å². The van der Waals surface area contributed by atoms with Gasteiger partial charge in [-0.15, -0.1) is 0 Å². The number of hydrogen-bond acceptors (Lipinski definition) is 3. The predicted molar refractivity (Wildman–Crippen MR) is 538 cm³/mol. The Morgan fingerprint density at radius 2 is 0.429 bits per heavy atom. The van der Waals surface area contributed by atoms with Crippen molar-refractivity contribution < 1.29 is 13.3 Å². The number of benzene rings is 12.